The Morgan fingerprint density at radius 3 is 2.25 bits per heavy atom. The zero-order chi connectivity index (χ0) is 17.5. The van der Waals surface area contributed by atoms with E-state index in [9.17, 15) is 4.79 Å². The third-order valence-corrected chi connectivity index (χ3v) is 5.41. The summed E-state index contributed by atoms with van der Waals surface area (Å²) in [6.07, 6.45) is 0. The molecule has 6 heteroatoms. The van der Waals surface area contributed by atoms with Crippen molar-refractivity contribution in [3.63, 3.8) is 0 Å². The van der Waals surface area contributed by atoms with Gasteiger partial charge in [-0.2, -0.15) is 0 Å². The van der Waals surface area contributed by atoms with Gasteiger partial charge in [0.05, 0.1) is 11.2 Å². The maximum atomic E-state index is 12.2. The van der Waals surface area contributed by atoms with E-state index in [4.69, 9.17) is 9.31 Å². The first-order chi connectivity index (χ1) is 11.2. The zero-order valence-electron chi connectivity index (χ0n) is 15.3. The molecule has 24 heavy (non-hydrogen) atoms. The lowest BCUT2D eigenvalue weighted by Crippen LogP contribution is -2.44. The Morgan fingerprint density at radius 2 is 1.71 bits per heavy atom. The van der Waals surface area contributed by atoms with Gasteiger partial charge < -0.3 is 19.5 Å². The zero-order valence-corrected chi connectivity index (χ0v) is 15.3. The molecule has 130 valence electrons. The number of anilines is 1. The van der Waals surface area contributed by atoms with Gasteiger partial charge in [-0.1, -0.05) is 6.07 Å². The van der Waals surface area contributed by atoms with Crippen LogP contribution in [0.1, 0.15) is 45.0 Å². The van der Waals surface area contributed by atoms with Crippen LogP contribution >= 0.6 is 0 Å². The van der Waals surface area contributed by atoms with E-state index in [0.29, 0.717) is 5.56 Å². The minimum atomic E-state index is -0.508. The van der Waals surface area contributed by atoms with E-state index in [1.807, 2.05) is 39.8 Å². The molecule has 5 nitrogen and oxygen atoms in total. The molecule has 2 aliphatic heterocycles. The van der Waals surface area contributed by atoms with Gasteiger partial charge in [-0.25, -0.2) is 0 Å². The Kier molecular flexibility index (Phi) is 4.49. The molecule has 0 aliphatic carbocycles. The highest BCUT2D eigenvalue weighted by atomic mass is 16.7. The topological polar surface area (TPSA) is 50.8 Å². The van der Waals surface area contributed by atoms with Crippen molar-refractivity contribution in [1.82, 2.24) is 5.32 Å². The van der Waals surface area contributed by atoms with Crippen LogP contribution in [0, 0.1) is 0 Å². The molecule has 3 rings (SSSR count). The van der Waals surface area contributed by atoms with Gasteiger partial charge >= 0.3 is 7.12 Å². The number of Topliss-reactive ketones (excluding diaryl/α,β-unsaturated/α-hetero) is 1. The maximum absolute atomic E-state index is 12.2. The molecular weight excluding hydrogens is 303 g/mol. The van der Waals surface area contributed by atoms with Crippen molar-refractivity contribution in [3.05, 3.63) is 23.8 Å². The van der Waals surface area contributed by atoms with Crippen molar-refractivity contribution >= 4 is 24.1 Å². The lowest BCUT2D eigenvalue weighted by atomic mass is 9.75. The van der Waals surface area contributed by atoms with E-state index in [-0.39, 0.29) is 5.78 Å². The van der Waals surface area contributed by atoms with Crippen LogP contribution in [0.5, 0.6) is 0 Å². The summed E-state index contributed by atoms with van der Waals surface area (Å²) in [7, 11) is -0.508. The minimum Gasteiger partial charge on any atom is -0.399 e. The summed E-state index contributed by atoms with van der Waals surface area (Å²) >= 11 is 0. The monoisotopic (exact) mass is 330 g/mol. The fraction of sp³-hybridized carbons (Fsp3) is 0.611. The number of carbonyl (C=O) groups excluding carboxylic acids is 1. The van der Waals surface area contributed by atoms with E-state index < -0.39 is 18.3 Å². The third kappa shape index (κ3) is 3.10. The van der Waals surface area contributed by atoms with Crippen LogP contribution in [-0.4, -0.2) is 50.3 Å². The van der Waals surface area contributed by atoms with Crippen molar-refractivity contribution < 1.29 is 14.1 Å². The first-order valence-electron chi connectivity index (χ1n) is 8.67. The normalized spacial score (nSPS) is 22.7. The fourth-order valence-corrected chi connectivity index (χ4v) is 3.14. The summed E-state index contributed by atoms with van der Waals surface area (Å²) in [5.74, 6) is 0.0386. The summed E-state index contributed by atoms with van der Waals surface area (Å²) in [5.41, 5.74) is 1.76. The SMILES string of the molecule is CC(=O)c1cc(N2CCNCC2)ccc1B1OC(C)(C)C(C)(C)O1. The summed E-state index contributed by atoms with van der Waals surface area (Å²) in [6, 6.07) is 6.03. The molecule has 2 saturated heterocycles. The van der Waals surface area contributed by atoms with Gasteiger partial charge in [0.25, 0.3) is 0 Å². The summed E-state index contributed by atoms with van der Waals surface area (Å²) in [6.45, 7) is 13.5. The van der Waals surface area contributed by atoms with E-state index in [1.165, 1.54) is 0 Å². The minimum absolute atomic E-state index is 0.0386. The van der Waals surface area contributed by atoms with Gasteiger partial charge in [-0.3, -0.25) is 4.79 Å². The number of carbonyl (C=O) groups is 1. The first-order valence-corrected chi connectivity index (χ1v) is 8.67. The largest absolute Gasteiger partial charge is 0.495 e. The van der Waals surface area contributed by atoms with Crippen molar-refractivity contribution in [2.75, 3.05) is 31.1 Å². The molecule has 1 aromatic carbocycles. The van der Waals surface area contributed by atoms with Crippen LogP contribution in [0.2, 0.25) is 0 Å². The van der Waals surface area contributed by atoms with Gasteiger partial charge in [0.2, 0.25) is 0 Å². The van der Waals surface area contributed by atoms with Crippen molar-refractivity contribution in [2.24, 2.45) is 0 Å². The summed E-state index contributed by atoms with van der Waals surface area (Å²) < 4.78 is 12.3. The van der Waals surface area contributed by atoms with Crippen LogP contribution < -0.4 is 15.7 Å². The van der Waals surface area contributed by atoms with Crippen LogP contribution in [-0.2, 0) is 9.31 Å². The summed E-state index contributed by atoms with van der Waals surface area (Å²) in [5, 5.41) is 3.35. The number of ketones is 1. The van der Waals surface area contributed by atoms with Gasteiger partial charge in [0.15, 0.2) is 5.78 Å². The highest BCUT2D eigenvalue weighted by molar-refractivity contribution is 6.63. The molecule has 1 N–H and O–H groups in total. The molecule has 0 atom stereocenters. The molecule has 2 heterocycles. The van der Waals surface area contributed by atoms with Gasteiger partial charge in [0, 0.05) is 37.4 Å². The Balaban J connectivity index is 1.93. The Labute approximate surface area is 144 Å². The van der Waals surface area contributed by atoms with Gasteiger partial charge in [0.1, 0.15) is 0 Å². The predicted octanol–water partition coefficient (Wildman–Crippen LogP) is 1.60. The second kappa shape index (κ2) is 6.17. The molecule has 0 amide bonds. The second-order valence-electron chi connectivity index (χ2n) is 7.65. The predicted molar refractivity (Wildman–Crippen MR) is 97.2 cm³/mol. The van der Waals surface area contributed by atoms with Crippen molar-refractivity contribution in [2.45, 2.75) is 45.8 Å². The molecule has 2 fully saturated rings. The number of hydrogen-bond acceptors (Lipinski definition) is 5. The first kappa shape index (κ1) is 17.5. The smallest absolute Gasteiger partial charge is 0.399 e. The van der Waals surface area contributed by atoms with E-state index >= 15 is 0 Å². The van der Waals surface area contributed by atoms with Crippen LogP contribution in [0.3, 0.4) is 0 Å². The molecule has 0 spiro atoms. The molecule has 1 aromatic rings. The number of nitrogens with one attached hydrogen (secondary N) is 1. The van der Waals surface area contributed by atoms with Crippen LogP contribution in [0.15, 0.2) is 18.2 Å². The Hall–Kier alpha value is -1.37. The lowest BCUT2D eigenvalue weighted by Gasteiger charge is -2.32. The maximum Gasteiger partial charge on any atom is 0.495 e. The molecule has 0 bridgehead atoms. The number of nitrogens with zero attached hydrogens (tertiary/aromatic N) is 1. The highest BCUT2D eigenvalue weighted by Crippen LogP contribution is 2.37. The van der Waals surface area contributed by atoms with Crippen molar-refractivity contribution in [1.29, 1.82) is 0 Å². The Morgan fingerprint density at radius 1 is 1.12 bits per heavy atom. The molecular formula is C18H27BN2O3. The molecule has 0 radical (unpaired) electrons. The number of hydrogen-bond donors (Lipinski definition) is 1. The Bertz CT molecular complexity index is 623. The second-order valence-corrected chi connectivity index (χ2v) is 7.65. The molecule has 0 unspecified atom stereocenters. The number of rotatable bonds is 3. The lowest BCUT2D eigenvalue weighted by molar-refractivity contribution is 0.00578. The van der Waals surface area contributed by atoms with E-state index in [1.54, 1.807) is 6.92 Å². The average molecular weight is 330 g/mol. The van der Waals surface area contributed by atoms with Crippen molar-refractivity contribution in [3.8, 4) is 0 Å². The molecule has 2 aliphatic rings. The molecule has 0 aromatic heterocycles. The van der Waals surface area contributed by atoms with E-state index in [2.05, 4.69) is 16.3 Å². The van der Waals surface area contributed by atoms with Crippen LogP contribution in [0.4, 0.5) is 5.69 Å². The highest BCUT2D eigenvalue weighted by Gasteiger charge is 2.52. The van der Waals surface area contributed by atoms with Crippen LogP contribution in [0.25, 0.3) is 0 Å². The standard InChI is InChI=1S/C18H27BN2O3/c1-13(22)15-12-14(21-10-8-20-9-11-21)6-7-16(15)19-23-17(2,3)18(4,5)24-19/h6-7,12,20H,8-11H2,1-5H3. The summed E-state index contributed by atoms with van der Waals surface area (Å²) in [4.78, 5) is 14.5. The quantitative estimate of drug-likeness (QED) is 0.674. The van der Waals surface area contributed by atoms with Gasteiger partial charge in [-0.05, 0) is 52.2 Å². The number of piperazine rings is 1. The van der Waals surface area contributed by atoms with Gasteiger partial charge in [-0.15, -0.1) is 0 Å². The molecule has 0 saturated carbocycles. The third-order valence-electron chi connectivity index (χ3n) is 5.41. The average Bonchev–Trinajstić information content (AvgIpc) is 2.75. The number of benzene rings is 1. The fourth-order valence-electron chi connectivity index (χ4n) is 3.14. The van der Waals surface area contributed by atoms with E-state index in [0.717, 1.165) is 37.3 Å².